The maximum absolute atomic E-state index is 3.49. The van der Waals surface area contributed by atoms with Gasteiger partial charge in [0, 0.05) is 38.4 Å². The van der Waals surface area contributed by atoms with E-state index in [1.54, 1.807) is 5.56 Å². The molecule has 3 heteroatoms. The first-order valence-electron chi connectivity index (χ1n) is 6.59. The molecule has 0 amide bonds. The van der Waals surface area contributed by atoms with Gasteiger partial charge in [-0.1, -0.05) is 12.1 Å². The molecule has 17 heavy (non-hydrogen) atoms. The number of piperazine rings is 1. The molecule has 92 valence electrons. The van der Waals surface area contributed by atoms with E-state index in [1.165, 1.54) is 30.8 Å². The number of fused-ring (bicyclic) bond motifs is 1. The molecule has 1 aromatic carbocycles. The minimum atomic E-state index is 1.04. The highest BCUT2D eigenvalue weighted by atomic mass is 15.2. The van der Waals surface area contributed by atoms with Crippen LogP contribution in [0.25, 0.3) is 0 Å². The Kier molecular flexibility index (Phi) is 3.04. The fourth-order valence-electron chi connectivity index (χ4n) is 2.84. The summed E-state index contributed by atoms with van der Waals surface area (Å²) in [7, 11) is 2.21. The van der Waals surface area contributed by atoms with Crippen molar-refractivity contribution >= 4 is 5.69 Å². The summed E-state index contributed by atoms with van der Waals surface area (Å²) < 4.78 is 0. The van der Waals surface area contributed by atoms with Gasteiger partial charge < -0.3 is 15.1 Å². The van der Waals surface area contributed by atoms with Crippen molar-refractivity contribution in [3.05, 3.63) is 29.3 Å². The van der Waals surface area contributed by atoms with Gasteiger partial charge in [-0.2, -0.15) is 0 Å². The molecule has 1 fully saturated rings. The molecule has 0 atom stereocenters. The van der Waals surface area contributed by atoms with Gasteiger partial charge in [0.1, 0.15) is 0 Å². The van der Waals surface area contributed by atoms with Gasteiger partial charge in [-0.15, -0.1) is 0 Å². The van der Waals surface area contributed by atoms with Crippen molar-refractivity contribution in [2.24, 2.45) is 0 Å². The summed E-state index contributed by atoms with van der Waals surface area (Å²) in [5, 5.41) is 3.49. The van der Waals surface area contributed by atoms with Crippen LogP contribution in [0.5, 0.6) is 0 Å². The SMILES string of the molecule is CN1CCN(c2cccc3c2CNCC3)CC1. The van der Waals surface area contributed by atoms with Crippen LogP contribution < -0.4 is 10.2 Å². The summed E-state index contributed by atoms with van der Waals surface area (Å²) in [6.07, 6.45) is 1.18. The Bertz CT molecular complexity index is 394. The fourth-order valence-corrected chi connectivity index (χ4v) is 2.84. The third kappa shape index (κ3) is 2.17. The predicted molar refractivity (Wildman–Crippen MR) is 71.6 cm³/mol. The molecule has 1 aromatic rings. The molecule has 1 saturated heterocycles. The topological polar surface area (TPSA) is 18.5 Å². The number of rotatable bonds is 1. The Balaban J connectivity index is 1.87. The smallest absolute Gasteiger partial charge is 0.0415 e. The van der Waals surface area contributed by atoms with Gasteiger partial charge in [0.05, 0.1) is 0 Å². The van der Waals surface area contributed by atoms with Gasteiger partial charge in [-0.25, -0.2) is 0 Å². The lowest BCUT2D eigenvalue weighted by Crippen LogP contribution is -2.45. The Labute approximate surface area is 103 Å². The highest BCUT2D eigenvalue weighted by Gasteiger charge is 2.19. The molecule has 0 aliphatic carbocycles. The Morgan fingerprint density at radius 1 is 1.12 bits per heavy atom. The molecular weight excluding hydrogens is 210 g/mol. The van der Waals surface area contributed by atoms with Crippen molar-refractivity contribution in [2.75, 3.05) is 44.7 Å². The number of nitrogens with zero attached hydrogens (tertiary/aromatic N) is 2. The van der Waals surface area contributed by atoms with Gasteiger partial charge in [0.15, 0.2) is 0 Å². The molecule has 3 nitrogen and oxygen atoms in total. The Morgan fingerprint density at radius 3 is 2.76 bits per heavy atom. The van der Waals surface area contributed by atoms with Crippen molar-refractivity contribution in [3.63, 3.8) is 0 Å². The predicted octanol–water partition coefficient (Wildman–Crippen LogP) is 1.08. The average Bonchev–Trinajstić information content (AvgIpc) is 2.39. The number of hydrogen-bond acceptors (Lipinski definition) is 3. The summed E-state index contributed by atoms with van der Waals surface area (Å²) in [4.78, 5) is 4.95. The third-order valence-electron chi connectivity index (χ3n) is 3.97. The summed E-state index contributed by atoms with van der Waals surface area (Å²) >= 11 is 0. The van der Waals surface area contributed by atoms with Crippen LogP contribution in [0.4, 0.5) is 5.69 Å². The minimum absolute atomic E-state index is 1.04. The van der Waals surface area contributed by atoms with E-state index < -0.39 is 0 Å². The van der Waals surface area contributed by atoms with E-state index in [4.69, 9.17) is 0 Å². The molecule has 0 bridgehead atoms. The van der Waals surface area contributed by atoms with Crippen molar-refractivity contribution in [3.8, 4) is 0 Å². The third-order valence-corrected chi connectivity index (χ3v) is 3.97. The van der Waals surface area contributed by atoms with Crippen LogP contribution in [-0.4, -0.2) is 44.7 Å². The molecule has 1 N–H and O–H groups in total. The van der Waals surface area contributed by atoms with E-state index in [9.17, 15) is 0 Å². The van der Waals surface area contributed by atoms with Crippen LogP contribution in [0.15, 0.2) is 18.2 Å². The van der Waals surface area contributed by atoms with Crippen LogP contribution in [-0.2, 0) is 13.0 Å². The van der Waals surface area contributed by atoms with Crippen LogP contribution in [0, 0.1) is 0 Å². The lowest BCUT2D eigenvalue weighted by Gasteiger charge is -2.36. The van der Waals surface area contributed by atoms with Crippen LogP contribution >= 0.6 is 0 Å². The van der Waals surface area contributed by atoms with Crippen molar-refractivity contribution < 1.29 is 0 Å². The summed E-state index contributed by atoms with van der Waals surface area (Å²) in [6.45, 7) is 6.84. The summed E-state index contributed by atoms with van der Waals surface area (Å²) in [5.41, 5.74) is 4.53. The standard InChI is InChI=1S/C14H21N3/c1-16-7-9-17(10-8-16)14-4-2-3-12-5-6-15-11-13(12)14/h2-4,15H,5-11H2,1H3. The quantitative estimate of drug-likeness (QED) is 0.780. The number of benzene rings is 1. The largest absolute Gasteiger partial charge is 0.369 e. The first-order chi connectivity index (χ1) is 8.34. The zero-order chi connectivity index (χ0) is 11.7. The summed E-state index contributed by atoms with van der Waals surface area (Å²) in [6, 6.07) is 6.80. The second-order valence-corrected chi connectivity index (χ2v) is 5.13. The molecule has 3 rings (SSSR count). The lowest BCUT2D eigenvalue weighted by molar-refractivity contribution is 0.312. The van der Waals surface area contributed by atoms with Crippen molar-refractivity contribution in [1.82, 2.24) is 10.2 Å². The van der Waals surface area contributed by atoms with Crippen LogP contribution in [0.3, 0.4) is 0 Å². The molecule has 0 unspecified atom stereocenters. The van der Waals surface area contributed by atoms with Crippen LogP contribution in [0.1, 0.15) is 11.1 Å². The van der Waals surface area contributed by atoms with E-state index in [-0.39, 0.29) is 0 Å². The first-order valence-corrected chi connectivity index (χ1v) is 6.59. The number of hydrogen-bond donors (Lipinski definition) is 1. The van der Waals surface area contributed by atoms with E-state index in [1.807, 2.05) is 0 Å². The van der Waals surface area contributed by atoms with E-state index in [2.05, 4.69) is 40.4 Å². The number of likely N-dealkylation sites (N-methyl/N-ethyl adjacent to an activating group) is 1. The Morgan fingerprint density at radius 2 is 1.94 bits per heavy atom. The molecule has 0 radical (unpaired) electrons. The molecular formula is C14H21N3. The Hall–Kier alpha value is -1.06. The molecule has 0 spiro atoms. The second kappa shape index (κ2) is 4.67. The molecule has 2 aliphatic rings. The van der Waals surface area contributed by atoms with Crippen molar-refractivity contribution in [1.29, 1.82) is 0 Å². The molecule has 0 aromatic heterocycles. The molecule has 2 aliphatic heterocycles. The minimum Gasteiger partial charge on any atom is -0.369 e. The van der Waals surface area contributed by atoms with Gasteiger partial charge in [0.2, 0.25) is 0 Å². The monoisotopic (exact) mass is 231 g/mol. The van der Waals surface area contributed by atoms with E-state index >= 15 is 0 Å². The second-order valence-electron chi connectivity index (χ2n) is 5.13. The van der Waals surface area contributed by atoms with Gasteiger partial charge in [0.25, 0.3) is 0 Å². The molecule has 2 heterocycles. The fraction of sp³-hybridized carbons (Fsp3) is 0.571. The highest BCUT2D eigenvalue weighted by molar-refractivity contribution is 5.58. The van der Waals surface area contributed by atoms with Gasteiger partial charge in [-0.3, -0.25) is 0 Å². The first kappa shape index (κ1) is 11.1. The number of nitrogens with one attached hydrogen (secondary N) is 1. The van der Waals surface area contributed by atoms with E-state index in [0.29, 0.717) is 0 Å². The van der Waals surface area contributed by atoms with Crippen molar-refractivity contribution in [2.45, 2.75) is 13.0 Å². The van der Waals surface area contributed by atoms with Crippen LogP contribution in [0.2, 0.25) is 0 Å². The average molecular weight is 231 g/mol. The van der Waals surface area contributed by atoms with Gasteiger partial charge in [-0.05, 0) is 37.2 Å². The zero-order valence-electron chi connectivity index (χ0n) is 10.6. The highest BCUT2D eigenvalue weighted by Crippen LogP contribution is 2.27. The normalized spacial score (nSPS) is 21.4. The molecule has 0 saturated carbocycles. The lowest BCUT2D eigenvalue weighted by atomic mass is 9.98. The maximum Gasteiger partial charge on any atom is 0.0415 e. The maximum atomic E-state index is 3.49. The van der Waals surface area contributed by atoms with E-state index in [0.717, 1.165) is 26.2 Å². The number of anilines is 1. The summed E-state index contributed by atoms with van der Waals surface area (Å²) in [5.74, 6) is 0. The zero-order valence-corrected chi connectivity index (χ0v) is 10.6. The van der Waals surface area contributed by atoms with Gasteiger partial charge >= 0.3 is 0 Å².